The highest BCUT2D eigenvalue weighted by molar-refractivity contribution is 7.81. The number of thiol groups is 1. The van der Waals surface area contributed by atoms with Gasteiger partial charge in [0.1, 0.15) is 0 Å². The van der Waals surface area contributed by atoms with Crippen LogP contribution in [0.1, 0.15) is 32.6 Å². The first kappa shape index (κ1) is 10.9. The van der Waals surface area contributed by atoms with Crippen LogP contribution >= 0.6 is 12.6 Å². The molecule has 1 saturated heterocycles. The van der Waals surface area contributed by atoms with Crippen LogP contribution in [0.3, 0.4) is 0 Å². The number of nitrogens with one attached hydrogen (secondary N) is 1. The summed E-state index contributed by atoms with van der Waals surface area (Å²) in [6, 6.07) is 0. The number of hydrogen-bond donors (Lipinski definition) is 2. The minimum Gasteiger partial charge on any atom is -0.288 e. The van der Waals surface area contributed by atoms with E-state index < -0.39 is 0 Å². The summed E-state index contributed by atoms with van der Waals surface area (Å²) in [5.41, 5.74) is 2.89. The number of carbonyl (C=O) groups is 1. The van der Waals surface area contributed by atoms with Crippen LogP contribution in [0.5, 0.6) is 0 Å². The molecule has 1 fully saturated rings. The molecule has 0 spiro atoms. The molecule has 1 rings (SSSR count). The zero-order valence-corrected chi connectivity index (χ0v) is 9.02. The first-order valence-electron chi connectivity index (χ1n) is 4.97. The van der Waals surface area contributed by atoms with Crippen molar-refractivity contribution in [2.24, 2.45) is 0 Å². The normalized spacial score (nSPS) is 21.1. The fraction of sp³-hybridized carbons (Fsp3) is 0.889. The van der Waals surface area contributed by atoms with Crippen molar-refractivity contribution in [1.82, 2.24) is 10.4 Å². The van der Waals surface area contributed by atoms with Crippen molar-refractivity contribution >= 4 is 18.5 Å². The molecule has 0 aromatic carbocycles. The number of piperidine rings is 1. The molecule has 1 heterocycles. The first-order chi connectivity index (χ1) is 6.24. The molecule has 1 N–H and O–H groups in total. The first-order valence-corrected chi connectivity index (χ1v) is 5.49. The van der Waals surface area contributed by atoms with Crippen molar-refractivity contribution in [3.05, 3.63) is 0 Å². The van der Waals surface area contributed by atoms with Crippen molar-refractivity contribution in [2.45, 2.75) is 37.9 Å². The van der Waals surface area contributed by atoms with Gasteiger partial charge in [-0.1, -0.05) is 13.3 Å². The SMILES string of the molecule is CCC(S)C(=O)NN1CCCCC1. The molecule has 0 aliphatic carbocycles. The lowest BCUT2D eigenvalue weighted by atomic mass is 10.2. The number of carbonyl (C=O) groups excluding carboxylic acids is 1. The Hall–Kier alpha value is -0.220. The van der Waals surface area contributed by atoms with E-state index >= 15 is 0 Å². The van der Waals surface area contributed by atoms with Crippen LogP contribution in [-0.2, 0) is 4.79 Å². The van der Waals surface area contributed by atoms with Crippen LogP contribution in [0.25, 0.3) is 0 Å². The Bertz CT molecular complexity index is 169. The summed E-state index contributed by atoms with van der Waals surface area (Å²) in [6.07, 6.45) is 4.43. The molecule has 13 heavy (non-hydrogen) atoms. The molecule has 76 valence electrons. The van der Waals surface area contributed by atoms with Gasteiger partial charge < -0.3 is 0 Å². The van der Waals surface area contributed by atoms with Gasteiger partial charge in [-0.3, -0.25) is 10.2 Å². The van der Waals surface area contributed by atoms with E-state index in [1.165, 1.54) is 19.3 Å². The van der Waals surface area contributed by atoms with Gasteiger partial charge in [0.25, 0.3) is 0 Å². The molecular formula is C9H18N2OS. The molecule has 1 aliphatic rings. The molecule has 3 nitrogen and oxygen atoms in total. The van der Waals surface area contributed by atoms with E-state index in [4.69, 9.17) is 0 Å². The topological polar surface area (TPSA) is 32.3 Å². The van der Waals surface area contributed by atoms with Crippen LogP contribution < -0.4 is 5.43 Å². The van der Waals surface area contributed by atoms with Crippen LogP contribution in [0, 0.1) is 0 Å². The largest absolute Gasteiger partial charge is 0.288 e. The quantitative estimate of drug-likeness (QED) is 0.674. The van der Waals surface area contributed by atoms with Gasteiger partial charge in [0.15, 0.2) is 0 Å². The average Bonchev–Trinajstić information content (AvgIpc) is 2.18. The summed E-state index contributed by atoms with van der Waals surface area (Å²) in [6.45, 7) is 3.93. The molecule has 1 aliphatic heterocycles. The third-order valence-corrected chi connectivity index (χ3v) is 2.91. The molecule has 0 aromatic rings. The number of hydrazine groups is 1. The monoisotopic (exact) mass is 202 g/mol. The van der Waals surface area contributed by atoms with E-state index in [0.717, 1.165) is 19.5 Å². The molecular weight excluding hydrogens is 184 g/mol. The second-order valence-electron chi connectivity index (χ2n) is 3.45. The van der Waals surface area contributed by atoms with E-state index in [1.807, 2.05) is 11.9 Å². The molecule has 0 saturated carbocycles. The molecule has 1 amide bonds. The Kier molecular flexibility index (Phi) is 4.59. The Morgan fingerprint density at radius 3 is 2.62 bits per heavy atom. The average molecular weight is 202 g/mol. The van der Waals surface area contributed by atoms with Gasteiger partial charge >= 0.3 is 0 Å². The fourth-order valence-corrected chi connectivity index (χ4v) is 1.48. The predicted molar refractivity (Wildman–Crippen MR) is 56.6 cm³/mol. The molecule has 0 aromatic heterocycles. The third kappa shape index (κ3) is 3.56. The van der Waals surface area contributed by atoms with Crippen molar-refractivity contribution < 1.29 is 4.79 Å². The number of rotatable bonds is 3. The smallest absolute Gasteiger partial charge is 0.247 e. The van der Waals surface area contributed by atoms with E-state index in [-0.39, 0.29) is 11.2 Å². The van der Waals surface area contributed by atoms with Gasteiger partial charge in [0.2, 0.25) is 5.91 Å². The van der Waals surface area contributed by atoms with Crippen LogP contribution in [0.4, 0.5) is 0 Å². The summed E-state index contributed by atoms with van der Waals surface area (Å²) in [5.74, 6) is 0.0349. The maximum atomic E-state index is 11.4. The zero-order valence-electron chi connectivity index (χ0n) is 8.12. The highest BCUT2D eigenvalue weighted by atomic mass is 32.1. The molecule has 1 unspecified atom stereocenters. The second kappa shape index (κ2) is 5.50. The number of amides is 1. The summed E-state index contributed by atoms with van der Waals surface area (Å²) in [4.78, 5) is 11.4. The predicted octanol–water partition coefficient (Wildman–Crippen LogP) is 1.21. The maximum absolute atomic E-state index is 11.4. The lowest BCUT2D eigenvalue weighted by Crippen LogP contribution is -2.47. The van der Waals surface area contributed by atoms with Crippen molar-refractivity contribution in [1.29, 1.82) is 0 Å². The second-order valence-corrected chi connectivity index (χ2v) is 4.07. The fourth-order valence-electron chi connectivity index (χ4n) is 1.42. The molecule has 0 radical (unpaired) electrons. The Balaban J connectivity index is 2.26. The summed E-state index contributed by atoms with van der Waals surface area (Å²) >= 11 is 4.19. The zero-order chi connectivity index (χ0) is 9.68. The van der Waals surface area contributed by atoms with E-state index in [9.17, 15) is 4.79 Å². The number of hydrogen-bond acceptors (Lipinski definition) is 3. The van der Waals surface area contributed by atoms with E-state index in [1.54, 1.807) is 0 Å². The third-order valence-electron chi connectivity index (χ3n) is 2.31. The Morgan fingerprint density at radius 2 is 2.08 bits per heavy atom. The summed E-state index contributed by atoms with van der Waals surface area (Å²) < 4.78 is 0. The highest BCUT2D eigenvalue weighted by Crippen LogP contribution is 2.07. The molecule has 1 atom stereocenters. The molecule has 4 heteroatoms. The molecule has 0 bridgehead atoms. The summed E-state index contributed by atoms with van der Waals surface area (Å²) in [7, 11) is 0. The van der Waals surface area contributed by atoms with Crippen molar-refractivity contribution in [2.75, 3.05) is 13.1 Å². The minimum absolute atomic E-state index is 0.0349. The van der Waals surface area contributed by atoms with Crippen molar-refractivity contribution in [3.8, 4) is 0 Å². The van der Waals surface area contributed by atoms with Gasteiger partial charge in [0.05, 0.1) is 5.25 Å². The minimum atomic E-state index is -0.165. The standard InChI is InChI=1S/C9H18N2OS/c1-2-8(13)9(12)10-11-6-4-3-5-7-11/h8,13H,2-7H2,1H3,(H,10,12). The van der Waals surface area contributed by atoms with Crippen LogP contribution in [0.2, 0.25) is 0 Å². The van der Waals surface area contributed by atoms with Gasteiger partial charge in [-0.15, -0.1) is 0 Å². The summed E-state index contributed by atoms with van der Waals surface area (Å²) in [5, 5.41) is 1.84. The lowest BCUT2D eigenvalue weighted by Gasteiger charge is -2.27. The van der Waals surface area contributed by atoms with E-state index in [0.29, 0.717) is 0 Å². The lowest BCUT2D eigenvalue weighted by molar-refractivity contribution is -0.125. The highest BCUT2D eigenvalue weighted by Gasteiger charge is 2.16. The van der Waals surface area contributed by atoms with Gasteiger partial charge in [0, 0.05) is 13.1 Å². The van der Waals surface area contributed by atoms with Crippen LogP contribution in [0.15, 0.2) is 0 Å². The van der Waals surface area contributed by atoms with E-state index in [2.05, 4.69) is 18.1 Å². The van der Waals surface area contributed by atoms with Crippen LogP contribution in [-0.4, -0.2) is 29.3 Å². The van der Waals surface area contributed by atoms with Gasteiger partial charge in [-0.2, -0.15) is 12.6 Å². The Labute approximate surface area is 85.2 Å². The van der Waals surface area contributed by atoms with Gasteiger partial charge in [-0.05, 0) is 19.3 Å². The van der Waals surface area contributed by atoms with Crippen molar-refractivity contribution in [3.63, 3.8) is 0 Å². The number of nitrogens with zero attached hydrogens (tertiary/aromatic N) is 1. The van der Waals surface area contributed by atoms with Gasteiger partial charge in [-0.25, -0.2) is 5.01 Å². The Morgan fingerprint density at radius 1 is 1.46 bits per heavy atom. The maximum Gasteiger partial charge on any atom is 0.247 e.